The van der Waals surface area contributed by atoms with Crippen LogP contribution < -0.4 is 10.6 Å². The number of aromatic nitrogens is 1. The van der Waals surface area contributed by atoms with Crippen molar-refractivity contribution in [2.24, 2.45) is 5.92 Å². The molecule has 1 atom stereocenters. The predicted octanol–water partition coefficient (Wildman–Crippen LogP) is 2.94. The second-order valence-corrected chi connectivity index (χ2v) is 5.68. The number of hydrogen-bond donors (Lipinski definition) is 2. The van der Waals surface area contributed by atoms with Crippen LogP contribution in [-0.2, 0) is 4.79 Å². The molecule has 1 aliphatic rings. The lowest BCUT2D eigenvalue weighted by Crippen LogP contribution is -2.39. The van der Waals surface area contributed by atoms with Crippen LogP contribution in [-0.4, -0.2) is 24.0 Å². The summed E-state index contributed by atoms with van der Waals surface area (Å²) in [6.45, 7) is 3.72. The molecule has 0 aliphatic carbocycles. The lowest BCUT2D eigenvalue weighted by molar-refractivity contribution is -0.126. The van der Waals surface area contributed by atoms with Gasteiger partial charge in [-0.15, -0.1) is 12.4 Å². The Morgan fingerprint density at radius 1 is 1.30 bits per heavy atom. The fourth-order valence-electron chi connectivity index (χ4n) is 2.70. The third kappa shape index (κ3) is 4.33. The Bertz CT molecular complexity index is 624. The molecule has 124 valence electrons. The first-order valence-corrected chi connectivity index (χ1v) is 7.76. The molecule has 1 amide bonds. The Morgan fingerprint density at radius 3 is 2.70 bits per heavy atom. The van der Waals surface area contributed by atoms with Crippen molar-refractivity contribution in [3.05, 3.63) is 42.4 Å². The lowest BCUT2D eigenvalue weighted by atomic mass is 9.97. The van der Waals surface area contributed by atoms with E-state index in [1.165, 1.54) is 0 Å². The van der Waals surface area contributed by atoms with Gasteiger partial charge in [-0.25, -0.2) is 4.98 Å². The van der Waals surface area contributed by atoms with E-state index in [1.807, 2.05) is 37.3 Å². The molecule has 23 heavy (non-hydrogen) atoms. The molecule has 1 unspecified atom stereocenters. The van der Waals surface area contributed by atoms with E-state index in [0.717, 1.165) is 37.3 Å². The molecule has 1 fully saturated rings. The molecule has 2 heterocycles. The lowest BCUT2D eigenvalue weighted by Gasteiger charge is -2.23. The Hall–Kier alpha value is -1.85. The predicted molar refractivity (Wildman–Crippen MR) is 91.3 cm³/mol. The number of piperidine rings is 1. The number of benzene rings is 1. The van der Waals surface area contributed by atoms with E-state index >= 15 is 0 Å². The van der Waals surface area contributed by atoms with E-state index in [2.05, 4.69) is 15.6 Å². The molecule has 2 N–H and O–H groups in total. The Morgan fingerprint density at radius 2 is 2.00 bits per heavy atom. The normalized spacial score (nSPS) is 16.4. The second-order valence-electron chi connectivity index (χ2n) is 5.68. The molecule has 1 aromatic carbocycles. The molecule has 0 saturated carbocycles. The summed E-state index contributed by atoms with van der Waals surface area (Å²) < 4.78 is 5.78. The molecule has 1 saturated heterocycles. The van der Waals surface area contributed by atoms with Crippen molar-refractivity contribution in [1.82, 2.24) is 15.6 Å². The van der Waals surface area contributed by atoms with Crippen molar-refractivity contribution >= 4 is 18.3 Å². The van der Waals surface area contributed by atoms with Gasteiger partial charge in [-0.1, -0.05) is 30.3 Å². The summed E-state index contributed by atoms with van der Waals surface area (Å²) in [4.78, 5) is 16.5. The summed E-state index contributed by atoms with van der Waals surface area (Å²) >= 11 is 0. The number of nitrogens with one attached hydrogen (secondary N) is 2. The highest BCUT2D eigenvalue weighted by atomic mass is 35.5. The largest absolute Gasteiger partial charge is 0.438 e. The van der Waals surface area contributed by atoms with Gasteiger partial charge in [-0.2, -0.15) is 0 Å². The van der Waals surface area contributed by atoms with E-state index < -0.39 is 0 Å². The zero-order valence-corrected chi connectivity index (χ0v) is 13.9. The molecule has 1 aromatic heterocycles. The number of carbonyl (C=O) groups is 1. The van der Waals surface area contributed by atoms with E-state index in [0.29, 0.717) is 5.89 Å². The van der Waals surface area contributed by atoms with Crippen LogP contribution in [0.1, 0.15) is 31.7 Å². The fraction of sp³-hybridized carbons (Fsp3) is 0.412. The number of nitrogens with zero attached hydrogens (tertiary/aromatic N) is 1. The van der Waals surface area contributed by atoms with Crippen molar-refractivity contribution in [2.75, 3.05) is 13.1 Å². The Labute approximate surface area is 142 Å². The van der Waals surface area contributed by atoms with Crippen LogP contribution in [0.2, 0.25) is 0 Å². The van der Waals surface area contributed by atoms with Gasteiger partial charge in [0.05, 0.1) is 6.20 Å². The number of hydrogen-bond acceptors (Lipinski definition) is 4. The highest BCUT2D eigenvalue weighted by molar-refractivity contribution is 5.85. The third-order valence-electron chi connectivity index (χ3n) is 4.02. The van der Waals surface area contributed by atoms with Gasteiger partial charge in [-0.3, -0.25) is 4.79 Å². The van der Waals surface area contributed by atoms with Crippen molar-refractivity contribution in [3.8, 4) is 11.3 Å². The summed E-state index contributed by atoms with van der Waals surface area (Å²) in [5.74, 6) is 1.44. The average Bonchev–Trinajstić information content (AvgIpc) is 3.06. The van der Waals surface area contributed by atoms with Gasteiger partial charge < -0.3 is 15.1 Å². The highest BCUT2D eigenvalue weighted by Gasteiger charge is 2.24. The van der Waals surface area contributed by atoms with Gasteiger partial charge in [0.15, 0.2) is 5.76 Å². The average molecular weight is 336 g/mol. The first-order valence-electron chi connectivity index (χ1n) is 7.76. The van der Waals surface area contributed by atoms with Gasteiger partial charge in [0.1, 0.15) is 6.04 Å². The van der Waals surface area contributed by atoms with E-state index in [9.17, 15) is 4.79 Å². The maximum atomic E-state index is 12.3. The second kappa shape index (κ2) is 8.13. The molecule has 0 radical (unpaired) electrons. The van der Waals surface area contributed by atoms with Crippen molar-refractivity contribution < 1.29 is 9.21 Å². The quantitative estimate of drug-likeness (QED) is 0.901. The Kier molecular flexibility index (Phi) is 6.19. The van der Waals surface area contributed by atoms with E-state index in [1.54, 1.807) is 6.20 Å². The van der Waals surface area contributed by atoms with Crippen LogP contribution in [0.4, 0.5) is 0 Å². The molecule has 0 bridgehead atoms. The van der Waals surface area contributed by atoms with Crippen molar-refractivity contribution in [2.45, 2.75) is 25.8 Å². The molecule has 6 heteroatoms. The van der Waals surface area contributed by atoms with Crippen LogP contribution in [0.5, 0.6) is 0 Å². The summed E-state index contributed by atoms with van der Waals surface area (Å²) in [7, 11) is 0. The molecule has 2 aromatic rings. The van der Waals surface area contributed by atoms with Crippen molar-refractivity contribution in [3.63, 3.8) is 0 Å². The maximum absolute atomic E-state index is 12.3. The van der Waals surface area contributed by atoms with E-state index in [4.69, 9.17) is 4.42 Å². The number of carbonyl (C=O) groups excluding carboxylic acids is 1. The molecule has 1 aliphatic heterocycles. The first-order chi connectivity index (χ1) is 10.7. The van der Waals surface area contributed by atoms with Crippen LogP contribution in [0, 0.1) is 5.92 Å². The zero-order chi connectivity index (χ0) is 15.4. The van der Waals surface area contributed by atoms with Crippen LogP contribution in [0.15, 0.2) is 40.9 Å². The molecule has 0 spiro atoms. The highest BCUT2D eigenvalue weighted by Crippen LogP contribution is 2.23. The minimum absolute atomic E-state index is 0. The minimum Gasteiger partial charge on any atom is -0.438 e. The summed E-state index contributed by atoms with van der Waals surface area (Å²) in [5.41, 5.74) is 0.984. The summed E-state index contributed by atoms with van der Waals surface area (Å²) in [6.07, 6.45) is 3.48. The molecule has 5 nitrogen and oxygen atoms in total. The van der Waals surface area contributed by atoms with Crippen LogP contribution in [0.25, 0.3) is 11.3 Å². The van der Waals surface area contributed by atoms with Gasteiger partial charge in [0, 0.05) is 11.5 Å². The standard InChI is InChI=1S/C17H21N3O2.ClH/c1-12(20-16(21)14-7-9-18-10-8-14)17-19-11-15(22-17)13-5-3-2-4-6-13;/h2-6,11-12,14,18H,7-10H2,1H3,(H,20,21);1H. The van der Waals surface area contributed by atoms with Gasteiger partial charge in [-0.05, 0) is 32.9 Å². The van der Waals surface area contributed by atoms with Gasteiger partial charge in [0.2, 0.25) is 11.8 Å². The number of halogens is 1. The minimum atomic E-state index is -0.222. The molecular formula is C17H22ClN3O2. The number of amides is 1. The van der Waals surface area contributed by atoms with Crippen molar-refractivity contribution in [1.29, 1.82) is 0 Å². The maximum Gasteiger partial charge on any atom is 0.223 e. The third-order valence-corrected chi connectivity index (χ3v) is 4.02. The first kappa shape index (κ1) is 17.5. The SMILES string of the molecule is CC(NC(=O)C1CCNCC1)c1ncc(-c2ccccc2)o1.Cl. The van der Waals surface area contributed by atoms with Crippen LogP contribution in [0.3, 0.4) is 0 Å². The monoisotopic (exact) mass is 335 g/mol. The number of rotatable bonds is 4. The van der Waals surface area contributed by atoms with Gasteiger partial charge in [0.25, 0.3) is 0 Å². The molecular weight excluding hydrogens is 314 g/mol. The van der Waals surface area contributed by atoms with Gasteiger partial charge >= 0.3 is 0 Å². The molecule has 3 rings (SSSR count). The zero-order valence-electron chi connectivity index (χ0n) is 13.1. The smallest absolute Gasteiger partial charge is 0.223 e. The topological polar surface area (TPSA) is 67.2 Å². The number of oxazole rings is 1. The summed E-state index contributed by atoms with van der Waals surface area (Å²) in [5, 5.41) is 6.27. The summed E-state index contributed by atoms with van der Waals surface area (Å²) in [6, 6.07) is 9.60. The fourth-order valence-corrected chi connectivity index (χ4v) is 2.70. The van der Waals surface area contributed by atoms with Crippen LogP contribution >= 0.6 is 12.4 Å². The van der Waals surface area contributed by atoms with E-state index in [-0.39, 0.29) is 30.3 Å². The Balaban J connectivity index is 0.00000192.